The molecule has 2 nitrogen and oxygen atoms in total. The standard InChI is InChI=1S/C14H23NO/c1-4-6-10-13(8-5-2)16-14-12(3)9-7-11-15-14/h7,9,11,13H,4-6,8,10H2,1-3H3. The highest BCUT2D eigenvalue weighted by Crippen LogP contribution is 2.18. The summed E-state index contributed by atoms with van der Waals surface area (Å²) >= 11 is 0. The number of nitrogens with zero attached hydrogens (tertiary/aromatic N) is 1. The molecule has 0 spiro atoms. The second-order valence-electron chi connectivity index (χ2n) is 4.30. The van der Waals surface area contributed by atoms with Crippen molar-refractivity contribution in [2.24, 2.45) is 0 Å². The van der Waals surface area contributed by atoms with Gasteiger partial charge in [0.1, 0.15) is 6.10 Å². The predicted molar refractivity (Wildman–Crippen MR) is 67.8 cm³/mol. The van der Waals surface area contributed by atoms with Gasteiger partial charge in [0.25, 0.3) is 0 Å². The Morgan fingerprint density at radius 1 is 1.25 bits per heavy atom. The van der Waals surface area contributed by atoms with Crippen molar-refractivity contribution in [2.45, 2.75) is 59.0 Å². The molecule has 90 valence electrons. The second kappa shape index (κ2) is 7.26. The van der Waals surface area contributed by atoms with Crippen LogP contribution in [0.2, 0.25) is 0 Å². The van der Waals surface area contributed by atoms with Crippen LogP contribution in [-0.2, 0) is 0 Å². The van der Waals surface area contributed by atoms with Gasteiger partial charge in [-0.15, -0.1) is 0 Å². The van der Waals surface area contributed by atoms with E-state index < -0.39 is 0 Å². The molecule has 0 fully saturated rings. The van der Waals surface area contributed by atoms with E-state index in [2.05, 4.69) is 18.8 Å². The third-order valence-electron chi connectivity index (χ3n) is 2.73. The molecule has 0 bridgehead atoms. The lowest BCUT2D eigenvalue weighted by Crippen LogP contribution is -2.17. The summed E-state index contributed by atoms with van der Waals surface area (Å²) < 4.78 is 5.98. The Morgan fingerprint density at radius 2 is 2.06 bits per heavy atom. The topological polar surface area (TPSA) is 22.1 Å². The first-order chi connectivity index (χ1) is 7.77. The molecule has 1 heterocycles. The number of hydrogen-bond acceptors (Lipinski definition) is 2. The fourth-order valence-electron chi connectivity index (χ4n) is 1.77. The van der Waals surface area contributed by atoms with Gasteiger partial charge in [-0.1, -0.05) is 39.2 Å². The van der Waals surface area contributed by atoms with Gasteiger partial charge < -0.3 is 4.74 Å². The van der Waals surface area contributed by atoms with Crippen LogP contribution >= 0.6 is 0 Å². The third kappa shape index (κ3) is 4.21. The van der Waals surface area contributed by atoms with Crippen molar-refractivity contribution >= 4 is 0 Å². The molecule has 0 aromatic carbocycles. The number of aromatic nitrogens is 1. The average Bonchev–Trinajstić information content (AvgIpc) is 2.29. The molecule has 0 aliphatic carbocycles. The quantitative estimate of drug-likeness (QED) is 0.690. The van der Waals surface area contributed by atoms with E-state index in [1.54, 1.807) is 6.20 Å². The van der Waals surface area contributed by atoms with Crippen molar-refractivity contribution in [3.05, 3.63) is 23.9 Å². The zero-order valence-electron chi connectivity index (χ0n) is 10.7. The van der Waals surface area contributed by atoms with Crippen molar-refractivity contribution in [3.8, 4) is 5.88 Å². The van der Waals surface area contributed by atoms with Crippen molar-refractivity contribution in [1.82, 2.24) is 4.98 Å². The lowest BCUT2D eigenvalue weighted by Gasteiger charge is -2.18. The summed E-state index contributed by atoms with van der Waals surface area (Å²) in [5.74, 6) is 0.803. The van der Waals surface area contributed by atoms with Crippen LogP contribution in [0.4, 0.5) is 0 Å². The summed E-state index contributed by atoms with van der Waals surface area (Å²) in [6.07, 6.45) is 8.02. The minimum Gasteiger partial charge on any atom is -0.474 e. The zero-order valence-corrected chi connectivity index (χ0v) is 10.7. The Bertz CT molecular complexity index is 299. The molecule has 0 saturated carbocycles. The SMILES string of the molecule is CCCCC(CCC)Oc1ncccc1C. The first-order valence-electron chi connectivity index (χ1n) is 6.36. The maximum absolute atomic E-state index is 5.98. The molecule has 0 amide bonds. The van der Waals surface area contributed by atoms with Gasteiger partial charge in [0.2, 0.25) is 5.88 Å². The van der Waals surface area contributed by atoms with E-state index in [9.17, 15) is 0 Å². The molecule has 0 radical (unpaired) electrons. The van der Waals surface area contributed by atoms with Crippen molar-refractivity contribution in [1.29, 1.82) is 0 Å². The highest BCUT2D eigenvalue weighted by atomic mass is 16.5. The third-order valence-corrected chi connectivity index (χ3v) is 2.73. The molecule has 1 rings (SSSR count). The van der Waals surface area contributed by atoms with Crippen molar-refractivity contribution in [2.75, 3.05) is 0 Å². The van der Waals surface area contributed by atoms with Crippen LogP contribution in [0, 0.1) is 6.92 Å². The van der Waals surface area contributed by atoms with Crippen LogP contribution < -0.4 is 4.74 Å². The number of aryl methyl sites for hydroxylation is 1. The molecule has 0 aliphatic rings. The van der Waals surface area contributed by atoms with Gasteiger partial charge in [-0.25, -0.2) is 4.98 Å². The average molecular weight is 221 g/mol. The van der Waals surface area contributed by atoms with E-state index in [4.69, 9.17) is 4.74 Å². The minimum absolute atomic E-state index is 0.332. The summed E-state index contributed by atoms with van der Waals surface area (Å²) in [5, 5.41) is 0. The lowest BCUT2D eigenvalue weighted by atomic mass is 10.1. The zero-order chi connectivity index (χ0) is 11.8. The Labute approximate surface area is 99.0 Å². The highest BCUT2D eigenvalue weighted by Gasteiger charge is 2.10. The molecular formula is C14H23NO. The van der Waals surface area contributed by atoms with Gasteiger partial charge in [0.15, 0.2) is 0 Å². The summed E-state index contributed by atoms with van der Waals surface area (Å²) in [5.41, 5.74) is 1.13. The summed E-state index contributed by atoms with van der Waals surface area (Å²) in [6.45, 7) is 6.47. The number of rotatable bonds is 7. The van der Waals surface area contributed by atoms with Crippen molar-refractivity contribution < 1.29 is 4.74 Å². The molecule has 2 heteroatoms. The molecule has 0 aliphatic heterocycles. The Kier molecular flexibility index (Phi) is 5.91. The number of pyridine rings is 1. The van der Waals surface area contributed by atoms with Crippen LogP contribution in [-0.4, -0.2) is 11.1 Å². The molecule has 0 N–H and O–H groups in total. The smallest absolute Gasteiger partial charge is 0.216 e. The molecule has 16 heavy (non-hydrogen) atoms. The fourth-order valence-corrected chi connectivity index (χ4v) is 1.77. The lowest BCUT2D eigenvalue weighted by molar-refractivity contribution is 0.168. The monoisotopic (exact) mass is 221 g/mol. The van der Waals surface area contributed by atoms with E-state index in [0.717, 1.165) is 24.3 Å². The maximum atomic E-state index is 5.98. The van der Waals surface area contributed by atoms with E-state index in [0.29, 0.717) is 6.10 Å². The van der Waals surface area contributed by atoms with Gasteiger partial charge in [0.05, 0.1) is 0 Å². The largest absolute Gasteiger partial charge is 0.474 e. The van der Waals surface area contributed by atoms with Crippen LogP contribution in [0.3, 0.4) is 0 Å². The Balaban J connectivity index is 2.56. The van der Waals surface area contributed by atoms with Gasteiger partial charge >= 0.3 is 0 Å². The van der Waals surface area contributed by atoms with Crippen LogP contribution in [0.1, 0.15) is 51.5 Å². The Morgan fingerprint density at radius 3 is 2.69 bits per heavy atom. The van der Waals surface area contributed by atoms with Crippen LogP contribution in [0.15, 0.2) is 18.3 Å². The van der Waals surface area contributed by atoms with Crippen LogP contribution in [0.5, 0.6) is 5.88 Å². The number of unbranched alkanes of at least 4 members (excludes halogenated alkanes) is 1. The van der Waals surface area contributed by atoms with E-state index in [1.807, 2.05) is 19.1 Å². The summed E-state index contributed by atoms with van der Waals surface area (Å²) in [6, 6.07) is 3.99. The molecule has 1 atom stereocenters. The predicted octanol–water partition coefficient (Wildman–Crippen LogP) is 4.13. The number of hydrogen-bond donors (Lipinski definition) is 0. The van der Waals surface area contributed by atoms with Gasteiger partial charge in [-0.05, 0) is 25.8 Å². The first-order valence-corrected chi connectivity index (χ1v) is 6.36. The van der Waals surface area contributed by atoms with E-state index in [1.165, 1.54) is 19.3 Å². The van der Waals surface area contributed by atoms with Gasteiger partial charge in [0, 0.05) is 11.8 Å². The minimum atomic E-state index is 0.332. The number of ether oxygens (including phenoxy) is 1. The molecular weight excluding hydrogens is 198 g/mol. The maximum Gasteiger partial charge on any atom is 0.216 e. The molecule has 1 unspecified atom stereocenters. The van der Waals surface area contributed by atoms with E-state index in [-0.39, 0.29) is 0 Å². The van der Waals surface area contributed by atoms with E-state index >= 15 is 0 Å². The normalized spacial score (nSPS) is 12.4. The van der Waals surface area contributed by atoms with Gasteiger partial charge in [-0.2, -0.15) is 0 Å². The Hall–Kier alpha value is -1.05. The molecule has 1 aromatic rings. The highest BCUT2D eigenvalue weighted by molar-refractivity contribution is 5.23. The van der Waals surface area contributed by atoms with Gasteiger partial charge in [-0.3, -0.25) is 0 Å². The fraction of sp³-hybridized carbons (Fsp3) is 0.643. The van der Waals surface area contributed by atoms with Crippen LogP contribution in [0.25, 0.3) is 0 Å². The van der Waals surface area contributed by atoms with Crippen molar-refractivity contribution in [3.63, 3.8) is 0 Å². The molecule has 0 saturated heterocycles. The second-order valence-corrected chi connectivity index (χ2v) is 4.30. The summed E-state index contributed by atoms with van der Waals surface area (Å²) in [7, 11) is 0. The molecule has 1 aromatic heterocycles. The summed E-state index contributed by atoms with van der Waals surface area (Å²) in [4.78, 5) is 4.29. The first kappa shape index (κ1) is 13.0.